The molecule has 0 amide bonds. The van der Waals surface area contributed by atoms with Crippen molar-refractivity contribution >= 4 is 22.9 Å². The molecular weight excluding hydrogens is 261 g/mol. The lowest BCUT2D eigenvalue weighted by Crippen LogP contribution is -2.32. The Morgan fingerprint density at radius 1 is 1.42 bits per heavy atom. The van der Waals surface area contributed by atoms with Crippen LogP contribution in [0.1, 0.15) is 27.7 Å². The number of rotatable bonds is 1. The lowest BCUT2D eigenvalue weighted by atomic mass is 9.95. The SMILES string of the molecule is CC(C)C1[C@H]2[C@@H](CN1I)C2(C)C. The molecule has 3 atom stereocenters. The van der Waals surface area contributed by atoms with E-state index in [0.717, 1.165) is 23.8 Å². The molecule has 2 fully saturated rings. The maximum Gasteiger partial charge on any atom is 0.0254 e. The van der Waals surface area contributed by atoms with Gasteiger partial charge in [0.05, 0.1) is 0 Å². The fourth-order valence-corrected chi connectivity index (χ4v) is 4.45. The lowest BCUT2D eigenvalue weighted by Gasteiger charge is -2.28. The normalized spacial score (nSPS) is 45.0. The van der Waals surface area contributed by atoms with Crippen molar-refractivity contribution in [2.24, 2.45) is 23.2 Å². The fourth-order valence-electron chi connectivity index (χ4n) is 3.04. The summed E-state index contributed by atoms with van der Waals surface area (Å²) in [5, 5.41) is 0. The molecule has 0 aromatic carbocycles. The molecule has 0 aromatic rings. The molecule has 1 saturated carbocycles. The minimum atomic E-state index is 0.649. The van der Waals surface area contributed by atoms with Crippen molar-refractivity contribution in [2.75, 3.05) is 6.54 Å². The van der Waals surface area contributed by atoms with Crippen molar-refractivity contribution in [1.82, 2.24) is 3.11 Å². The Morgan fingerprint density at radius 3 is 2.33 bits per heavy atom. The maximum atomic E-state index is 2.53. The molecule has 2 heteroatoms. The molecule has 1 aliphatic carbocycles. The first-order valence-corrected chi connectivity index (χ1v) is 5.85. The molecule has 1 heterocycles. The highest BCUT2D eigenvalue weighted by Crippen LogP contribution is 2.66. The van der Waals surface area contributed by atoms with E-state index in [2.05, 4.69) is 53.7 Å². The molecule has 70 valence electrons. The first kappa shape index (κ1) is 9.25. The highest BCUT2D eigenvalue weighted by molar-refractivity contribution is 14.1. The van der Waals surface area contributed by atoms with E-state index in [0.29, 0.717) is 5.41 Å². The molecule has 0 spiro atoms. The van der Waals surface area contributed by atoms with Crippen LogP contribution in [0.2, 0.25) is 0 Å². The third-order valence-electron chi connectivity index (χ3n) is 3.88. The fraction of sp³-hybridized carbons (Fsp3) is 1.00. The van der Waals surface area contributed by atoms with Crippen LogP contribution in [0.3, 0.4) is 0 Å². The number of hydrogen-bond donors (Lipinski definition) is 0. The van der Waals surface area contributed by atoms with Gasteiger partial charge in [0.1, 0.15) is 0 Å². The lowest BCUT2D eigenvalue weighted by molar-refractivity contribution is 0.265. The van der Waals surface area contributed by atoms with Crippen LogP contribution in [0, 0.1) is 23.2 Å². The topological polar surface area (TPSA) is 3.24 Å². The van der Waals surface area contributed by atoms with Gasteiger partial charge in [-0.15, -0.1) is 0 Å². The predicted octanol–water partition coefficient (Wildman–Crippen LogP) is 2.95. The number of piperidine rings is 1. The second kappa shape index (κ2) is 2.59. The number of nitrogens with zero attached hydrogens (tertiary/aromatic N) is 1. The smallest absolute Gasteiger partial charge is 0.0254 e. The molecule has 12 heavy (non-hydrogen) atoms. The van der Waals surface area contributed by atoms with E-state index >= 15 is 0 Å². The van der Waals surface area contributed by atoms with Gasteiger partial charge in [0.2, 0.25) is 0 Å². The summed E-state index contributed by atoms with van der Waals surface area (Å²) in [6.07, 6.45) is 0. The number of hydrogen-bond acceptors (Lipinski definition) is 1. The molecule has 0 aromatic heterocycles. The molecular formula is C10H18IN. The van der Waals surface area contributed by atoms with Crippen molar-refractivity contribution in [3.8, 4) is 0 Å². The predicted molar refractivity (Wildman–Crippen MR) is 60.1 cm³/mol. The van der Waals surface area contributed by atoms with Crippen LogP contribution in [0.15, 0.2) is 0 Å². The van der Waals surface area contributed by atoms with Crippen molar-refractivity contribution < 1.29 is 0 Å². The van der Waals surface area contributed by atoms with Crippen LogP contribution in [-0.2, 0) is 0 Å². The van der Waals surface area contributed by atoms with Crippen molar-refractivity contribution in [3.05, 3.63) is 0 Å². The minimum Gasteiger partial charge on any atom is -0.244 e. The highest BCUT2D eigenvalue weighted by atomic mass is 127. The van der Waals surface area contributed by atoms with Crippen LogP contribution < -0.4 is 0 Å². The number of fused-ring (bicyclic) bond motifs is 1. The summed E-state index contributed by atoms with van der Waals surface area (Å²) in [4.78, 5) is 0. The van der Waals surface area contributed by atoms with E-state index in [4.69, 9.17) is 0 Å². The van der Waals surface area contributed by atoms with Crippen molar-refractivity contribution in [1.29, 1.82) is 0 Å². The third-order valence-corrected chi connectivity index (χ3v) is 4.92. The summed E-state index contributed by atoms with van der Waals surface area (Å²) >= 11 is 2.50. The van der Waals surface area contributed by atoms with Gasteiger partial charge in [0, 0.05) is 35.5 Å². The van der Waals surface area contributed by atoms with Crippen LogP contribution >= 0.6 is 22.9 Å². The zero-order valence-electron chi connectivity index (χ0n) is 8.34. The molecule has 2 rings (SSSR count). The summed E-state index contributed by atoms with van der Waals surface area (Å²) in [6.45, 7) is 10.9. The Kier molecular flexibility index (Phi) is 2.00. The third kappa shape index (κ3) is 1.07. The summed E-state index contributed by atoms with van der Waals surface area (Å²) in [5.74, 6) is 2.79. The van der Waals surface area contributed by atoms with Gasteiger partial charge in [-0.3, -0.25) is 0 Å². The van der Waals surface area contributed by atoms with Crippen LogP contribution in [0.5, 0.6) is 0 Å². The van der Waals surface area contributed by atoms with Gasteiger partial charge in [0.15, 0.2) is 0 Å². The first-order chi connectivity index (χ1) is 5.46. The summed E-state index contributed by atoms with van der Waals surface area (Å²) < 4.78 is 2.53. The first-order valence-electron chi connectivity index (χ1n) is 4.88. The Labute approximate surface area is 89.4 Å². The molecule has 1 unspecified atom stereocenters. The standard InChI is InChI=1S/C10H18IN/c1-6(2)9-8-7(5-12(9)11)10(8,3)4/h6-9H,5H2,1-4H3/t7-,8-,9?/m1/s1. The molecule has 2 aliphatic rings. The van der Waals surface area contributed by atoms with Crippen molar-refractivity contribution in [2.45, 2.75) is 33.7 Å². The van der Waals surface area contributed by atoms with E-state index in [9.17, 15) is 0 Å². The van der Waals surface area contributed by atoms with Crippen LogP contribution in [-0.4, -0.2) is 15.7 Å². The highest BCUT2D eigenvalue weighted by Gasteiger charge is 2.66. The Hall–Kier alpha value is 0.690. The van der Waals surface area contributed by atoms with Crippen molar-refractivity contribution in [3.63, 3.8) is 0 Å². The second-order valence-corrected chi connectivity index (χ2v) is 6.51. The summed E-state index contributed by atoms with van der Waals surface area (Å²) in [6, 6.07) is 0.839. The molecule has 0 bridgehead atoms. The summed E-state index contributed by atoms with van der Waals surface area (Å²) in [5.41, 5.74) is 0.649. The Morgan fingerprint density at radius 2 is 2.00 bits per heavy atom. The Bertz CT molecular complexity index is 200. The van der Waals surface area contributed by atoms with Gasteiger partial charge in [-0.05, 0) is 23.2 Å². The maximum absolute atomic E-state index is 2.53. The molecule has 0 radical (unpaired) electrons. The zero-order chi connectivity index (χ0) is 9.09. The molecule has 0 N–H and O–H groups in total. The van der Waals surface area contributed by atoms with E-state index in [1.165, 1.54) is 6.54 Å². The van der Waals surface area contributed by atoms with E-state index in [1.54, 1.807) is 0 Å². The van der Waals surface area contributed by atoms with E-state index in [1.807, 2.05) is 0 Å². The number of halogens is 1. The van der Waals surface area contributed by atoms with Gasteiger partial charge < -0.3 is 0 Å². The Balaban J connectivity index is 2.13. The monoisotopic (exact) mass is 279 g/mol. The zero-order valence-corrected chi connectivity index (χ0v) is 10.5. The molecule has 1 nitrogen and oxygen atoms in total. The second-order valence-electron chi connectivity index (χ2n) is 5.27. The van der Waals surface area contributed by atoms with Gasteiger partial charge in [-0.2, -0.15) is 0 Å². The average molecular weight is 279 g/mol. The van der Waals surface area contributed by atoms with E-state index in [-0.39, 0.29) is 0 Å². The van der Waals surface area contributed by atoms with Gasteiger partial charge in [-0.1, -0.05) is 27.7 Å². The quantitative estimate of drug-likeness (QED) is 0.527. The van der Waals surface area contributed by atoms with Crippen LogP contribution in [0.4, 0.5) is 0 Å². The molecule has 1 aliphatic heterocycles. The summed E-state index contributed by atoms with van der Waals surface area (Å²) in [7, 11) is 0. The largest absolute Gasteiger partial charge is 0.244 e. The average Bonchev–Trinajstić information content (AvgIpc) is 2.40. The van der Waals surface area contributed by atoms with Gasteiger partial charge in [-0.25, -0.2) is 3.11 Å². The van der Waals surface area contributed by atoms with Gasteiger partial charge in [0.25, 0.3) is 0 Å². The van der Waals surface area contributed by atoms with E-state index < -0.39 is 0 Å². The van der Waals surface area contributed by atoms with Gasteiger partial charge >= 0.3 is 0 Å². The molecule has 1 saturated heterocycles. The van der Waals surface area contributed by atoms with Crippen LogP contribution in [0.25, 0.3) is 0 Å². The minimum absolute atomic E-state index is 0.649.